The maximum atomic E-state index is 13.7. The summed E-state index contributed by atoms with van der Waals surface area (Å²) in [5.74, 6) is -0.229. The number of anilines is 1. The summed E-state index contributed by atoms with van der Waals surface area (Å²) in [7, 11) is 0. The van der Waals surface area contributed by atoms with Crippen LogP contribution in [-0.2, 0) is 0 Å². The Morgan fingerprint density at radius 3 is 2.72 bits per heavy atom. The molecule has 0 bridgehead atoms. The third-order valence-corrected chi connectivity index (χ3v) is 2.95. The van der Waals surface area contributed by atoms with Gasteiger partial charge in [0, 0.05) is 12.6 Å². The third-order valence-electron chi connectivity index (χ3n) is 2.95. The molecule has 0 aliphatic rings. The van der Waals surface area contributed by atoms with Crippen molar-refractivity contribution in [3.8, 4) is 6.07 Å². The standard InChI is InChI=1S/C14H19FN2O/c1-3-12(6-10(2)9-18)17-14-5-4-11(8-16)7-13(14)15/h4-5,7,10,12,17-18H,3,6,9H2,1-2H3/t10-,12-/m0/s1. The van der Waals surface area contributed by atoms with E-state index in [9.17, 15) is 4.39 Å². The summed E-state index contributed by atoms with van der Waals surface area (Å²) in [6, 6.07) is 6.42. The number of benzene rings is 1. The van der Waals surface area contributed by atoms with E-state index in [1.54, 1.807) is 12.1 Å². The van der Waals surface area contributed by atoms with E-state index in [4.69, 9.17) is 10.4 Å². The monoisotopic (exact) mass is 250 g/mol. The summed E-state index contributed by atoms with van der Waals surface area (Å²) in [6.45, 7) is 4.11. The van der Waals surface area contributed by atoms with Gasteiger partial charge in [-0.1, -0.05) is 13.8 Å². The first-order valence-electron chi connectivity index (χ1n) is 6.17. The van der Waals surface area contributed by atoms with Crippen LogP contribution in [0, 0.1) is 23.1 Å². The summed E-state index contributed by atoms with van der Waals surface area (Å²) in [5.41, 5.74) is 0.723. The number of nitriles is 1. The lowest BCUT2D eigenvalue weighted by atomic mass is 10.0. The minimum absolute atomic E-state index is 0.120. The predicted octanol–water partition coefficient (Wildman–Crippen LogP) is 2.91. The molecular formula is C14H19FN2O. The Kier molecular flexibility index (Phi) is 5.60. The maximum absolute atomic E-state index is 13.7. The van der Waals surface area contributed by atoms with Gasteiger partial charge in [-0.3, -0.25) is 0 Å². The molecule has 0 spiro atoms. The lowest BCUT2D eigenvalue weighted by Crippen LogP contribution is -2.23. The SMILES string of the molecule is CC[C@@H](C[C@H](C)CO)Nc1ccc(C#N)cc1F. The van der Waals surface area contributed by atoms with Crippen molar-refractivity contribution in [1.29, 1.82) is 5.26 Å². The van der Waals surface area contributed by atoms with E-state index >= 15 is 0 Å². The molecule has 0 saturated heterocycles. The highest BCUT2D eigenvalue weighted by Crippen LogP contribution is 2.19. The van der Waals surface area contributed by atoms with E-state index < -0.39 is 5.82 Å². The van der Waals surface area contributed by atoms with Crippen molar-refractivity contribution >= 4 is 5.69 Å². The van der Waals surface area contributed by atoms with Gasteiger partial charge in [0.2, 0.25) is 0 Å². The number of aliphatic hydroxyl groups excluding tert-OH is 1. The second kappa shape index (κ2) is 6.97. The molecule has 2 N–H and O–H groups in total. The number of aliphatic hydroxyl groups is 1. The highest BCUT2D eigenvalue weighted by Gasteiger charge is 2.13. The molecule has 3 nitrogen and oxygen atoms in total. The zero-order chi connectivity index (χ0) is 13.5. The molecule has 0 heterocycles. The molecule has 0 aliphatic carbocycles. The normalized spacial score (nSPS) is 13.7. The number of halogens is 1. The second-order valence-corrected chi connectivity index (χ2v) is 4.58. The molecule has 2 atom stereocenters. The highest BCUT2D eigenvalue weighted by atomic mass is 19.1. The predicted molar refractivity (Wildman–Crippen MR) is 69.7 cm³/mol. The van der Waals surface area contributed by atoms with Gasteiger partial charge in [0.25, 0.3) is 0 Å². The van der Waals surface area contributed by atoms with Crippen molar-refractivity contribution in [2.24, 2.45) is 5.92 Å². The van der Waals surface area contributed by atoms with Crippen molar-refractivity contribution in [2.75, 3.05) is 11.9 Å². The van der Waals surface area contributed by atoms with Crippen LogP contribution < -0.4 is 5.32 Å². The molecule has 0 radical (unpaired) electrons. The van der Waals surface area contributed by atoms with Crippen molar-refractivity contribution in [3.63, 3.8) is 0 Å². The van der Waals surface area contributed by atoms with Gasteiger partial charge in [0.15, 0.2) is 0 Å². The molecule has 0 aromatic heterocycles. The fourth-order valence-electron chi connectivity index (χ4n) is 1.81. The van der Waals surface area contributed by atoms with Crippen LogP contribution in [0.5, 0.6) is 0 Å². The first kappa shape index (κ1) is 14.5. The molecule has 0 amide bonds. The van der Waals surface area contributed by atoms with Gasteiger partial charge in [-0.15, -0.1) is 0 Å². The van der Waals surface area contributed by atoms with Crippen LogP contribution >= 0.6 is 0 Å². The minimum Gasteiger partial charge on any atom is -0.396 e. The number of nitrogens with one attached hydrogen (secondary N) is 1. The number of hydrogen-bond donors (Lipinski definition) is 2. The van der Waals surface area contributed by atoms with Crippen molar-refractivity contribution < 1.29 is 9.50 Å². The molecule has 18 heavy (non-hydrogen) atoms. The summed E-state index contributed by atoms with van der Waals surface area (Å²) in [4.78, 5) is 0. The largest absolute Gasteiger partial charge is 0.396 e. The van der Waals surface area contributed by atoms with Gasteiger partial charge in [-0.2, -0.15) is 5.26 Å². The van der Waals surface area contributed by atoms with Crippen LogP contribution in [0.1, 0.15) is 32.3 Å². The highest BCUT2D eigenvalue weighted by molar-refractivity contribution is 5.49. The molecule has 1 aromatic rings. The Bertz CT molecular complexity index is 428. The average Bonchev–Trinajstić information content (AvgIpc) is 2.39. The fraction of sp³-hybridized carbons (Fsp3) is 0.500. The van der Waals surface area contributed by atoms with Crippen LogP contribution in [0.4, 0.5) is 10.1 Å². The Morgan fingerprint density at radius 2 is 2.22 bits per heavy atom. The maximum Gasteiger partial charge on any atom is 0.147 e. The van der Waals surface area contributed by atoms with Gasteiger partial charge in [-0.05, 0) is 37.0 Å². The topological polar surface area (TPSA) is 56.0 Å². The Hall–Kier alpha value is -1.60. The quantitative estimate of drug-likeness (QED) is 0.816. The zero-order valence-electron chi connectivity index (χ0n) is 10.8. The van der Waals surface area contributed by atoms with E-state index in [0.29, 0.717) is 11.3 Å². The summed E-state index contributed by atoms with van der Waals surface area (Å²) >= 11 is 0. The van der Waals surface area contributed by atoms with Crippen LogP contribution in [0.3, 0.4) is 0 Å². The van der Waals surface area contributed by atoms with Gasteiger partial charge in [-0.25, -0.2) is 4.39 Å². The minimum atomic E-state index is -0.413. The van der Waals surface area contributed by atoms with Crippen LogP contribution in [0.15, 0.2) is 18.2 Å². The van der Waals surface area contributed by atoms with Crippen molar-refractivity contribution in [1.82, 2.24) is 0 Å². The molecule has 0 fully saturated rings. The van der Waals surface area contributed by atoms with E-state index in [0.717, 1.165) is 12.8 Å². The molecule has 0 unspecified atom stereocenters. The lowest BCUT2D eigenvalue weighted by molar-refractivity contribution is 0.224. The molecule has 4 heteroatoms. The van der Waals surface area contributed by atoms with E-state index in [2.05, 4.69) is 5.32 Å². The molecular weight excluding hydrogens is 231 g/mol. The van der Waals surface area contributed by atoms with Crippen molar-refractivity contribution in [3.05, 3.63) is 29.6 Å². The number of nitrogens with zero attached hydrogens (tertiary/aromatic N) is 1. The second-order valence-electron chi connectivity index (χ2n) is 4.58. The van der Waals surface area contributed by atoms with Crippen LogP contribution in [0.25, 0.3) is 0 Å². The molecule has 1 rings (SSSR count). The van der Waals surface area contributed by atoms with E-state index in [-0.39, 0.29) is 18.6 Å². The molecule has 98 valence electrons. The molecule has 0 aliphatic heterocycles. The van der Waals surface area contributed by atoms with Gasteiger partial charge >= 0.3 is 0 Å². The van der Waals surface area contributed by atoms with Crippen LogP contribution in [-0.4, -0.2) is 17.8 Å². The smallest absolute Gasteiger partial charge is 0.147 e. The third kappa shape index (κ3) is 4.01. The Morgan fingerprint density at radius 1 is 1.50 bits per heavy atom. The Labute approximate surface area is 107 Å². The summed E-state index contributed by atoms with van der Waals surface area (Å²) in [5, 5.41) is 20.8. The van der Waals surface area contributed by atoms with E-state index in [1.165, 1.54) is 6.07 Å². The zero-order valence-corrected chi connectivity index (χ0v) is 10.8. The Balaban J connectivity index is 2.73. The fourth-order valence-corrected chi connectivity index (χ4v) is 1.81. The first-order chi connectivity index (χ1) is 8.60. The van der Waals surface area contributed by atoms with E-state index in [1.807, 2.05) is 19.9 Å². The van der Waals surface area contributed by atoms with Crippen molar-refractivity contribution in [2.45, 2.75) is 32.7 Å². The summed E-state index contributed by atoms with van der Waals surface area (Å²) in [6.07, 6.45) is 1.64. The number of rotatable bonds is 6. The summed E-state index contributed by atoms with van der Waals surface area (Å²) < 4.78 is 13.7. The van der Waals surface area contributed by atoms with Gasteiger partial charge < -0.3 is 10.4 Å². The van der Waals surface area contributed by atoms with Gasteiger partial charge in [0.05, 0.1) is 17.3 Å². The molecule has 0 saturated carbocycles. The number of hydrogen-bond acceptors (Lipinski definition) is 3. The lowest BCUT2D eigenvalue weighted by Gasteiger charge is -2.21. The van der Waals surface area contributed by atoms with Crippen LogP contribution in [0.2, 0.25) is 0 Å². The average molecular weight is 250 g/mol. The molecule has 1 aromatic carbocycles. The first-order valence-corrected chi connectivity index (χ1v) is 6.17. The van der Waals surface area contributed by atoms with Gasteiger partial charge in [0.1, 0.15) is 5.82 Å².